The summed E-state index contributed by atoms with van der Waals surface area (Å²) in [5.74, 6) is 1.06. The number of anilines is 1. The van der Waals surface area contributed by atoms with Gasteiger partial charge in [0.15, 0.2) is 0 Å². The van der Waals surface area contributed by atoms with E-state index in [1.165, 1.54) is 47.9 Å². The van der Waals surface area contributed by atoms with E-state index in [0.29, 0.717) is 6.04 Å². The zero-order valence-corrected chi connectivity index (χ0v) is 13.2. The van der Waals surface area contributed by atoms with Gasteiger partial charge in [0.1, 0.15) is 17.0 Å². The predicted molar refractivity (Wildman–Crippen MR) is 86.7 cm³/mol. The Morgan fingerprint density at radius 3 is 2.65 bits per heavy atom. The molecular weight excluding hydrogens is 266 g/mol. The number of rotatable bonds is 4. The van der Waals surface area contributed by atoms with Gasteiger partial charge in [-0.2, -0.15) is 0 Å². The topological polar surface area (TPSA) is 37.8 Å². The third-order valence-corrected chi connectivity index (χ3v) is 5.58. The molecule has 2 heterocycles. The quantitative estimate of drug-likeness (QED) is 0.896. The molecule has 0 bridgehead atoms. The summed E-state index contributed by atoms with van der Waals surface area (Å²) in [5, 5.41) is 4.97. The summed E-state index contributed by atoms with van der Waals surface area (Å²) < 4.78 is 0. The smallest absolute Gasteiger partial charge is 0.138 e. The average Bonchev–Trinajstić information content (AvgIpc) is 2.87. The summed E-state index contributed by atoms with van der Waals surface area (Å²) in [6.07, 6.45) is 10.5. The first-order chi connectivity index (χ1) is 9.83. The van der Waals surface area contributed by atoms with E-state index in [1.54, 1.807) is 6.33 Å². The molecule has 0 aromatic carbocycles. The van der Waals surface area contributed by atoms with E-state index in [9.17, 15) is 0 Å². The van der Waals surface area contributed by atoms with E-state index in [2.05, 4.69) is 29.1 Å². The maximum absolute atomic E-state index is 4.54. The molecule has 0 saturated heterocycles. The van der Waals surface area contributed by atoms with Crippen molar-refractivity contribution in [3.05, 3.63) is 16.8 Å². The summed E-state index contributed by atoms with van der Waals surface area (Å²) in [6, 6.07) is 0.594. The number of hydrogen-bond donors (Lipinski definition) is 1. The number of aromatic nitrogens is 2. The van der Waals surface area contributed by atoms with Crippen molar-refractivity contribution in [3.8, 4) is 0 Å². The van der Waals surface area contributed by atoms with Crippen LogP contribution in [0.2, 0.25) is 0 Å². The van der Waals surface area contributed by atoms with Crippen LogP contribution in [0, 0.1) is 0 Å². The van der Waals surface area contributed by atoms with Crippen LogP contribution in [0.3, 0.4) is 0 Å². The average molecular weight is 289 g/mol. The summed E-state index contributed by atoms with van der Waals surface area (Å²) in [7, 11) is 0. The fourth-order valence-corrected chi connectivity index (χ4v) is 4.41. The normalized spacial score (nSPS) is 16.7. The molecule has 1 saturated carbocycles. The van der Waals surface area contributed by atoms with Crippen LogP contribution in [-0.2, 0) is 12.8 Å². The molecule has 1 aliphatic carbocycles. The van der Waals surface area contributed by atoms with Crippen molar-refractivity contribution >= 4 is 27.4 Å². The molecule has 0 atom stereocenters. The van der Waals surface area contributed by atoms with Crippen molar-refractivity contribution in [1.82, 2.24) is 9.97 Å². The van der Waals surface area contributed by atoms with Crippen LogP contribution in [-0.4, -0.2) is 16.0 Å². The Bertz CT molecular complexity index is 585. The van der Waals surface area contributed by atoms with Crippen LogP contribution < -0.4 is 5.32 Å². The van der Waals surface area contributed by atoms with Gasteiger partial charge in [-0.15, -0.1) is 11.3 Å². The van der Waals surface area contributed by atoms with Gasteiger partial charge < -0.3 is 5.32 Å². The van der Waals surface area contributed by atoms with Gasteiger partial charge in [0.25, 0.3) is 0 Å². The molecule has 4 heteroatoms. The molecule has 2 aromatic rings. The second kappa shape index (κ2) is 6.08. The molecule has 20 heavy (non-hydrogen) atoms. The van der Waals surface area contributed by atoms with Crippen molar-refractivity contribution in [2.45, 2.75) is 64.8 Å². The van der Waals surface area contributed by atoms with E-state index in [0.717, 1.165) is 23.5 Å². The lowest BCUT2D eigenvalue weighted by Gasteiger charge is -2.23. The number of nitrogens with zero attached hydrogens (tertiary/aromatic N) is 2. The Morgan fingerprint density at radius 2 is 1.95 bits per heavy atom. The number of fused-ring (bicyclic) bond motifs is 1. The Kier molecular flexibility index (Phi) is 4.20. The Labute approximate surface area is 124 Å². The molecule has 1 aliphatic rings. The van der Waals surface area contributed by atoms with E-state index in [4.69, 9.17) is 0 Å². The lowest BCUT2D eigenvalue weighted by molar-refractivity contribution is 0.462. The fraction of sp³-hybridized carbons (Fsp3) is 0.625. The maximum atomic E-state index is 4.54. The minimum absolute atomic E-state index is 0.594. The molecule has 108 valence electrons. The lowest BCUT2D eigenvalue weighted by atomic mass is 9.95. The standard InChI is InChI=1S/C16H23N3S/c1-3-12-13(4-2)20-16-14(12)15(17-10-18-16)19-11-8-6-5-7-9-11/h10-11H,3-9H2,1-2H3,(H,17,18,19). The summed E-state index contributed by atoms with van der Waals surface area (Å²) in [4.78, 5) is 11.6. The number of nitrogens with one attached hydrogen (secondary N) is 1. The van der Waals surface area contributed by atoms with Crippen molar-refractivity contribution in [3.63, 3.8) is 0 Å². The second-order valence-corrected chi connectivity index (χ2v) is 6.68. The van der Waals surface area contributed by atoms with Gasteiger partial charge in [0.2, 0.25) is 0 Å². The summed E-state index contributed by atoms with van der Waals surface area (Å²) >= 11 is 1.83. The predicted octanol–water partition coefficient (Wildman–Crippen LogP) is 4.56. The molecular formula is C16H23N3S. The Morgan fingerprint density at radius 1 is 1.15 bits per heavy atom. The highest BCUT2D eigenvalue weighted by Crippen LogP contribution is 2.35. The van der Waals surface area contributed by atoms with Crippen molar-refractivity contribution in [2.75, 3.05) is 5.32 Å². The molecule has 3 rings (SSSR count). The maximum Gasteiger partial charge on any atom is 0.138 e. The number of aryl methyl sites for hydroxylation is 2. The third kappa shape index (κ3) is 2.53. The van der Waals surface area contributed by atoms with Gasteiger partial charge in [-0.1, -0.05) is 33.1 Å². The molecule has 1 fully saturated rings. The zero-order valence-electron chi connectivity index (χ0n) is 12.4. The summed E-state index contributed by atoms with van der Waals surface area (Å²) in [6.45, 7) is 4.46. The SMILES string of the molecule is CCc1sc2ncnc(NC3CCCCC3)c2c1CC. The van der Waals surface area contributed by atoms with Crippen LogP contribution >= 0.6 is 11.3 Å². The minimum atomic E-state index is 0.594. The first-order valence-electron chi connectivity index (χ1n) is 7.85. The molecule has 0 aliphatic heterocycles. The molecule has 0 radical (unpaired) electrons. The van der Waals surface area contributed by atoms with Crippen molar-refractivity contribution in [1.29, 1.82) is 0 Å². The van der Waals surface area contributed by atoms with Crippen molar-refractivity contribution in [2.24, 2.45) is 0 Å². The monoisotopic (exact) mass is 289 g/mol. The van der Waals surface area contributed by atoms with E-state index < -0.39 is 0 Å². The lowest BCUT2D eigenvalue weighted by Crippen LogP contribution is -2.23. The van der Waals surface area contributed by atoms with Gasteiger partial charge in [-0.25, -0.2) is 9.97 Å². The Balaban J connectivity index is 1.98. The van der Waals surface area contributed by atoms with Gasteiger partial charge in [0, 0.05) is 10.9 Å². The molecule has 1 N–H and O–H groups in total. The van der Waals surface area contributed by atoms with Crippen LogP contribution in [0.5, 0.6) is 0 Å². The molecule has 0 unspecified atom stereocenters. The molecule has 3 nitrogen and oxygen atoms in total. The van der Waals surface area contributed by atoms with Gasteiger partial charge in [0.05, 0.1) is 5.39 Å². The number of hydrogen-bond acceptors (Lipinski definition) is 4. The van der Waals surface area contributed by atoms with Crippen LogP contribution in [0.1, 0.15) is 56.4 Å². The van der Waals surface area contributed by atoms with Crippen LogP contribution in [0.25, 0.3) is 10.2 Å². The van der Waals surface area contributed by atoms with Gasteiger partial charge >= 0.3 is 0 Å². The Hall–Kier alpha value is -1.16. The largest absolute Gasteiger partial charge is 0.367 e. The van der Waals surface area contributed by atoms with E-state index >= 15 is 0 Å². The second-order valence-electron chi connectivity index (χ2n) is 5.59. The zero-order chi connectivity index (χ0) is 13.9. The van der Waals surface area contributed by atoms with Crippen LogP contribution in [0.4, 0.5) is 5.82 Å². The minimum Gasteiger partial charge on any atom is -0.367 e. The van der Waals surface area contributed by atoms with Gasteiger partial charge in [-0.3, -0.25) is 0 Å². The molecule has 0 amide bonds. The van der Waals surface area contributed by atoms with Crippen molar-refractivity contribution < 1.29 is 0 Å². The molecule has 2 aromatic heterocycles. The highest BCUT2D eigenvalue weighted by molar-refractivity contribution is 7.18. The van der Waals surface area contributed by atoms with E-state index in [-0.39, 0.29) is 0 Å². The fourth-order valence-electron chi connectivity index (χ4n) is 3.25. The first kappa shape index (κ1) is 13.8. The third-order valence-electron chi connectivity index (χ3n) is 4.29. The van der Waals surface area contributed by atoms with E-state index in [1.807, 2.05) is 11.3 Å². The highest BCUT2D eigenvalue weighted by atomic mass is 32.1. The highest BCUT2D eigenvalue weighted by Gasteiger charge is 2.18. The molecule has 0 spiro atoms. The van der Waals surface area contributed by atoms with Crippen LogP contribution in [0.15, 0.2) is 6.33 Å². The first-order valence-corrected chi connectivity index (χ1v) is 8.66. The summed E-state index contributed by atoms with van der Waals surface area (Å²) in [5.41, 5.74) is 1.45. The van der Waals surface area contributed by atoms with Gasteiger partial charge in [-0.05, 0) is 31.2 Å². The number of thiophene rings is 1.